The Bertz CT molecular complexity index is 661. The molecule has 0 saturated carbocycles. The van der Waals surface area contributed by atoms with Gasteiger partial charge in [-0.05, 0) is 23.8 Å². The van der Waals surface area contributed by atoms with Crippen LogP contribution in [0.25, 0.3) is 11.3 Å². The number of hydrogen-bond donors (Lipinski definition) is 0. The Balaban J connectivity index is 2.45. The Morgan fingerprint density at radius 2 is 1.50 bits per heavy atom. The molecular formula is C14H8ClF6N. The molecule has 1 aromatic carbocycles. The number of rotatable bonds is 2. The van der Waals surface area contributed by atoms with E-state index in [2.05, 4.69) is 4.98 Å². The van der Waals surface area contributed by atoms with Crippen LogP contribution in [-0.2, 0) is 18.2 Å². The van der Waals surface area contributed by atoms with Crippen LogP contribution in [0, 0.1) is 0 Å². The Morgan fingerprint density at radius 3 is 1.95 bits per heavy atom. The second-order valence-electron chi connectivity index (χ2n) is 4.43. The second kappa shape index (κ2) is 5.79. The fraction of sp³-hybridized carbons (Fsp3) is 0.214. The molecule has 0 N–H and O–H groups in total. The van der Waals surface area contributed by atoms with E-state index in [0.29, 0.717) is 0 Å². The summed E-state index contributed by atoms with van der Waals surface area (Å²) in [6.07, 6.45) is -8.15. The first kappa shape index (κ1) is 16.6. The molecule has 1 nitrogen and oxygen atoms in total. The Morgan fingerprint density at radius 1 is 0.909 bits per heavy atom. The van der Waals surface area contributed by atoms with Gasteiger partial charge >= 0.3 is 12.4 Å². The van der Waals surface area contributed by atoms with Crippen molar-refractivity contribution in [3.8, 4) is 11.3 Å². The van der Waals surface area contributed by atoms with E-state index in [1.54, 1.807) is 0 Å². The SMILES string of the molecule is FC(F)(F)c1ccc(-c2cc(C(F)(F)F)c(CCl)cn2)cc1. The molecule has 0 atom stereocenters. The van der Waals surface area contributed by atoms with Gasteiger partial charge in [-0.3, -0.25) is 4.98 Å². The molecule has 1 heterocycles. The third kappa shape index (κ3) is 3.52. The van der Waals surface area contributed by atoms with Crippen LogP contribution in [0.2, 0.25) is 0 Å². The number of halogens is 7. The average Bonchev–Trinajstić information content (AvgIpc) is 2.45. The van der Waals surface area contributed by atoms with Gasteiger partial charge < -0.3 is 0 Å². The lowest BCUT2D eigenvalue weighted by Crippen LogP contribution is -2.09. The summed E-state index contributed by atoms with van der Waals surface area (Å²) in [4.78, 5) is 3.82. The molecule has 0 aliphatic rings. The average molecular weight is 340 g/mol. The minimum absolute atomic E-state index is 0.0742. The normalized spacial score (nSPS) is 12.5. The molecule has 2 aromatic rings. The molecule has 0 bridgehead atoms. The van der Waals surface area contributed by atoms with E-state index >= 15 is 0 Å². The van der Waals surface area contributed by atoms with Crippen molar-refractivity contribution in [2.75, 3.05) is 0 Å². The lowest BCUT2D eigenvalue weighted by Gasteiger charge is -2.13. The summed E-state index contributed by atoms with van der Waals surface area (Å²) in [5, 5.41) is 0. The number of benzene rings is 1. The van der Waals surface area contributed by atoms with Gasteiger partial charge in [-0.15, -0.1) is 11.6 Å². The molecule has 0 aliphatic carbocycles. The minimum atomic E-state index is -4.62. The van der Waals surface area contributed by atoms with E-state index < -0.39 is 23.5 Å². The fourth-order valence-electron chi connectivity index (χ4n) is 1.84. The van der Waals surface area contributed by atoms with Crippen molar-refractivity contribution in [2.45, 2.75) is 18.2 Å². The molecule has 0 radical (unpaired) electrons. The van der Waals surface area contributed by atoms with Gasteiger partial charge in [0.05, 0.1) is 16.8 Å². The highest BCUT2D eigenvalue weighted by atomic mass is 35.5. The number of pyridine rings is 1. The Hall–Kier alpha value is -1.76. The zero-order valence-corrected chi connectivity index (χ0v) is 11.5. The molecule has 0 spiro atoms. The first-order chi connectivity index (χ1) is 10.1. The third-order valence-electron chi connectivity index (χ3n) is 2.94. The van der Waals surface area contributed by atoms with Crippen molar-refractivity contribution in [3.63, 3.8) is 0 Å². The second-order valence-corrected chi connectivity index (χ2v) is 4.70. The smallest absolute Gasteiger partial charge is 0.256 e. The molecule has 1 aromatic heterocycles. The minimum Gasteiger partial charge on any atom is -0.256 e. The van der Waals surface area contributed by atoms with Crippen molar-refractivity contribution in [2.24, 2.45) is 0 Å². The molecule has 0 amide bonds. The lowest BCUT2D eigenvalue weighted by molar-refractivity contribution is -0.138. The van der Waals surface area contributed by atoms with E-state index in [0.717, 1.165) is 36.5 Å². The largest absolute Gasteiger partial charge is 0.416 e. The van der Waals surface area contributed by atoms with Gasteiger partial charge in [0.25, 0.3) is 0 Å². The molecule has 0 fully saturated rings. The summed E-state index contributed by atoms with van der Waals surface area (Å²) in [7, 11) is 0. The highest BCUT2D eigenvalue weighted by molar-refractivity contribution is 6.17. The molecule has 2 rings (SSSR count). The first-order valence-electron chi connectivity index (χ1n) is 5.92. The molecular weight excluding hydrogens is 332 g/mol. The number of nitrogens with zero attached hydrogens (tertiary/aromatic N) is 1. The molecule has 0 unspecified atom stereocenters. The quantitative estimate of drug-likeness (QED) is 0.518. The highest BCUT2D eigenvalue weighted by Crippen LogP contribution is 2.35. The standard InChI is InChI=1S/C14H8ClF6N/c15-6-9-7-22-12(5-11(9)14(19,20)21)8-1-3-10(4-2-8)13(16,17)18/h1-5,7H,6H2. The highest BCUT2D eigenvalue weighted by Gasteiger charge is 2.34. The zero-order chi connectivity index (χ0) is 16.5. The van der Waals surface area contributed by atoms with Crippen LogP contribution in [0.4, 0.5) is 26.3 Å². The number of aromatic nitrogens is 1. The van der Waals surface area contributed by atoms with E-state index in [1.807, 2.05) is 0 Å². The van der Waals surface area contributed by atoms with E-state index in [1.165, 1.54) is 0 Å². The summed E-state index contributed by atoms with van der Waals surface area (Å²) in [6, 6.07) is 4.51. The maximum absolute atomic E-state index is 12.9. The number of alkyl halides is 7. The summed E-state index contributed by atoms with van der Waals surface area (Å²) < 4.78 is 76.1. The van der Waals surface area contributed by atoms with Crippen LogP contribution in [0.5, 0.6) is 0 Å². The summed E-state index contributed by atoms with van der Waals surface area (Å²) in [6.45, 7) is 0. The van der Waals surface area contributed by atoms with Crippen LogP contribution >= 0.6 is 11.6 Å². The predicted octanol–water partition coefficient (Wildman–Crippen LogP) is 5.53. The first-order valence-corrected chi connectivity index (χ1v) is 6.46. The van der Waals surface area contributed by atoms with Crippen molar-refractivity contribution >= 4 is 11.6 Å². The van der Waals surface area contributed by atoms with E-state index in [4.69, 9.17) is 11.6 Å². The van der Waals surface area contributed by atoms with Gasteiger partial charge in [0, 0.05) is 17.6 Å². The molecule has 22 heavy (non-hydrogen) atoms. The van der Waals surface area contributed by atoms with Crippen LogP contribution < -0.4 is 0 Å². The number of hydrogen-bond acceptors (Lipinski definition) is 1. The molecule has 118 valence electrons. The maximum Gasteiger partial charge on any atom is 0.416 e. The van der Waals surface area contributed by atoms with Gasteiger partial charge in [-0.25, -0.2) is 0 Å². The van der Waals surface area contributed by atoms with Crippen LogP contribution in [0.15, 0.2) is 36.5 Å². The lowest BCUT2D eigenvalue weighted by atomic mass is 10.0. The van der Waals surface area contributed by atoms with Gasteiger partial charge in [-0.1, -0.05) is 12.1 Å². The van der Waals surface area contributed by atoms with Crippen LogP contribution in [0.1, 0.15) is 16.7 Å². The molecule has 0 aliphatic heterocycles. The van der Waals surface area contributed by atoms with Gasteiger partial charge in [0.2, 0.25) is 0 Å². The van der Waals surface area contributed by atoms with Crippen LogP contribution in [0.3, 0.4) is 0 Å². The third-order valence-corrected chi connectivity index (χ3v) is 3.23. The summed E-state index contributed by atoms with van der Waals surface area (Å²) in [5.41, 5.74) is -1.95. The fourth-order valence-corrected chi connectivity index (χ4v) is 2.05. The Kier molecular flexibility index (Phi) is 4.37. The Labute approximate surface area is 126 Å². The van der Waals surface area contributed by atoms with E-state index in [9.17, 15) is 26.3 Å². The van der Waals surface area contributed by atoms with Gasteiger partial charge in [0.15, 0.2) is 0 Å². The molecule has 8 heteroatoms. The van der Waals surface area contributed by atoms with Crippen molar-refractivity contribution in [3.05, 3.63) is 53.2 Å². The van der Waals surface area contributed by atoms with Crippen LogP contribution in [-0.4, -0.2) is 4.98 Å². The van der Waals surface area contributed by atoms with E-state index in [-0.39, 0.29) is 22.7 Å². The topological polar surface area (TPSA) is 12.9 Å². The maximum atomic E-state index is 12.9. The summed E-state index contributed by atoms with van der Waals surface area (Å²) >= 11 is 5.44. The van der Waals surface area contributed by atoms with Crippen molar-refractivity contribution < 1.29 is 26.3 Å². The molecule has 0 saturated heterocycles. The van der Waals surface area contributed by atoms with Crippen molar-refractivity contribution in [1.29, 1.82) is 0 Å². The zero-order valence-electron chi connectivity index (χ0n) is 10.8. The predicted molar refractivity (Wildman–Crippen MR) is 69.2 cm³/mol. The van der Waals surface area contributed by atoms with Gasteiger partial charge in [-0.2, -0.15) is 26.3 Å². The van der Waals surface area contributed by atoms with Crippen molar-refractivity contribution in [1.82, 2.24) is 4.98 Å². The monoisotopic (exact) mass is 339 g/mol. The summed E-state index contributed by atoms with van der Waals surface area (Å²) in [5.74, 6) is -0.366. The van der Waals surface area contributed by atoms with Gasteiger partial charge in [0.1, 0.15) is 0 Å².